The Bertz CT molecular complexity index is 513. The van der Waals surface area contributed by atoms with Gasteiger partial charge >= 0.3 is 5.97 Å². The summed E-state index contributed by atoms with van der Waals surface area (Å²) < 4.78 is 0. The van der Waals surface area contributed by atoms with Crippen molar-refractivity contribution in [1.29, 1.82) is 0 Å². The largest absolute Gasteiger partial charge is 0.478 e. The Balaban J connectivity index is 2.81. The van der Waals surface area contributed by atoms with Crippen LogP contribution in [0.1, 0.15) is 10.4 Å². The number of aromatic nitrogens is 2. The number of carboxylic acids is 1. The molecule has 0 radical (unpaired) electrons. The van der Waals surface area contributed by atoms with Crippen molar-refractivity contribution in [2.75, 3.05) is 0 Å². The smallest absolute Gasteiger partial charge is 0.338 e. The second kappa shape index (κ2) is 3.23. The molecule has 5 heteroatoms. The second-order valence-electron chi connectivity index (χ2n) is 2.68. The molecule has 2 heterocycles. The van der Waals surface area contributed by atoms with Crippen molar-refractivity contribution >= 4 is 28.5 Å². The number of hydrogen-bond donors (Lipinski definition) is 1. The van der Waals surface area contributed by atoms with E-state index >= 15 is 0 Å². The van der Waals surface area contributed by atoms with E-state index in [0.29, 0.717) is 10.9 Å². The molecule has 2 rings (SSSR count). The van der Waals surface area contributed by atoms with E-state index in [-0.39, 0.29) is 10.6 Å². The SMILES string of the molecule is O=C(O)c1cnc2cnccc2c1Cl. The Hall–Kier alpha value is -1.68. The lowest BCUT2D eigenvalue weighted by atomic mass is 10.2. The first-order valence-corrected chi connectivity index (χ1v) is 4.19. The highest BCUT2D eigenvalue weighted by molar-refractivity contribution is 6.38. The second-order valence-corrected chi connectivity index (χ2v) is 3.06. The minimum Gasteiger partial charge on any atom is -0.478 e. The Labute approximate surface area is 84.2 Å². The van der Waals surface area contributed by atoms with Gasteiger partial charge in [-0.1, -0.05) is 11.6 Å². The van der Waals surface area contributed by atoms with Crippen molar-refractivity contribution in [3.63, 3.8) is 0 Å². The lowest BCUT2D eigenvalue weighted by Crippen LogP contribution is -1.99. The van der Waals surface area contributed by atoms with Crippen LogP contribution in [0.25, 0.3) is 10.9 Å². The van der Waals surface area contributed by atoms with Gasteiger partial charge in [0.05, 0.1) is 22.3 Å². The summed E-state index contributed by atoms with van der Waals surface area (Å²) in [6.07, 6.45) is 4.31. The van der Waals surface area contributed by atoms with E-state index in [1.54, 1.807) is 12.3 Å². The van der Waals surface area contributed by atoms with E-state index in [4.69, 9.17) is 16.7 Å². The number of rotatable bonds is 1. The van der Waals surface area contributed by atoms with Gasteiger partial charge in [0.2, 0.25) is 0 Å². The summed E-state index contributed by atoms with van der Waals surface area (Å²) in [4.78, 5) is 18.5. The molecule has 0 saturated heterocycles. The number of aromatic carboxylic acids is 1. The minimum absolute atomic E-state index is 0.00497. The van der Waals surface area contributed by atoms with E-state index in [1.807, 2.05) is 0 Å². The summed E-state index contributed by atoms with van der Waals surface area (Å²) in [5.41, 5.74) is 0.591. The average molecular weight is 209 g/mol. The van der Waals surface area contributed by atoms with Gasteiger partial charge in [-0.2, -0.15) is 0 Å². The molecule has 0 fully saturated rings. The zero-order chi connectivity index (χ0) is 10.1. The average Bonchev–Trinajstić information content (AvgIpc) is 2.18. The number of carbonyl (C=O) groups is 1. The maximum atomic E-state index is 10.7. The predicted molar refractivity (Wildman–Crippen MR) is 51.5 cm³/mol. The van der Waals surface area contributed by atoms with Gasteiger partial charge in [-0.3, -0.25) is 9.97 Å². The van der Waals surface area contributed by atoms with Crippen molar-refractivity contribution in [3.05, 3.63) is 35.2 Å². The van der Waals surface area contributed by atoms with Crippen molar-refractivity contribution < 1.29 is 9.90 Å². The number of carboxylic acid groups (broad SMARTS) is 1. The van der Waals surface area contributed by atoms with Crippen LogP contribution in [0.3, 0.4) is 0 Å². The summed E-state index contributed by atoms with van der Waals surface area (Å²) >= 11 is 5.89. The third-order valence-electron chi connectivity index (χ3n) is 1.84. The van der Waals surface area contributed by atoms with Gasteiger partial charge in [0.15, 0.2) is 0 Å². The number of fused-ring (bicyclic) bond motifs is 1. The monoisotopic (exact) mass is 208 g/mol. The Kier molecular flexibility index (Phi) is 2.05. The van der Waals surface area contributed by atoms with Gasteiger partial charge in [-0.15, -0.1) is 0 Å². The molecular weight excluding hydrogens is 204 g/mol. The molecule has 1 N–H and O–H groups in total. The molecule has 0 unspecified atom stereocenters. The van der Waals surface area contributed by atoms with Gasteiger partial charge < -0.3 is 5.11 Å². The summed E-state index contributed by atoms with van der Waals surface area (Å²) in [5.74, 6) is -1.08. The molecule has 0 aliphatic heterocycles. The van der Waals surface area contributed by atoms with E-state index in [1.165, 1.54) is 12.4 Å². The summed E-state index contributed by atoms with van der Waals surface area (Å²) in [5, 5.41) is 9.58. The van der Waals surface area contributed by atoms with Gasteiger partial charge in [0.1, 0.15) is 0 Å². The minimum atomic E-state index is -1.08. The van der Waals surface area contributed by atoms with Crippen LogP contribution in [-0.2, 0) is 0 Å². The highest BCUT2D eigenvalue weighted by Crippen LogP contribution is 2.24. The van der Waals surface area contributed by atoms with Crippen LogP contribution < -0.4 is 0 Å². The van der Waals surface area contributed by atoms with Gasteiger partial charge in [0, 0.05) is 17.8 Å². The van der Waals surface area contributed by atoms with Crippen LogP contribution in [0.4, 0.5) is 0 Å². The highest BCUT2D eigenvalue weighted by Gasteiger charge is 2.11. The molecule has 4 nitrogen and oxygen atoms in total. The van der Waals surface area contributed by atoms with Crippen LogP contribution >= 0.6 is 11.6 Å². The highest BCUT2D eigenvalue weighted by atomic mass is 35.5. The van der Waals surface area contributed by atoms with Gasteiger partial charge in [-0.25, -0.2) is 4.79 Å². The van der Waals surface area contributed by atoms with Gasteiger partial charge in [-0.05, 0) is 6.07 Å². The molecule has 0 saturated carbocycles. The van der Waals surface area contributed by atoms with E-state index in [2.05, 4.69) is 9.97 Å². The van der Waals surface area contributed by atoms with E-state index < -0.39 is 5.97 Å². The lowest BCUT2D eigenvalue weighted by Gasteiger charge is -2.01. The fourth-order valence-corrected chi connectivity index (χ4v) is 1.45. The molecule has 2 aromatic rings. The first-order valence-electron chi connectivity index (χ1n) is 3.81. The van der Waals surface area contributed by atoms with E-state index in [9.17, 15) is 4.79 Å². The third kappa shape index (κ3) is 1.29. The summed E-state index contributed by atoms with van der Waals surface area (Å²) in [6.45, 7) is 0. The van der Waals surface area contributed by atoms with Crippen molar-refractivity contribution in [2.24, 2.45) is 0 Å². The normalized spacial score (nSPS) is 10.4. The standard InChI is InChI=1S/C9H5ClN2O2/c10-8-5-1-2-11-4-7(5)12-3-6(8)9(13)14/h1-4H,(H,13,14). The van der Waals surface area contributed by atoms with Crippen LogP contribution in [0.5, 0.6) is 0 Å². The maximum absolute atomic E-state index is 10.7. The fraction of sp³-hybridized carbons (Fsp3) is 0. The first kappa shape index (κ1) is 8.90. The van der Waals surface area contributed by atoms with Crippen LogP contribution in [-0.4, -0.2) is 21.0 Å². The Morgan fingerprint density at radius 3 is 2.93 bits per heavy atom. The topological polar surface area (TPSA) is 63.1 Å². The Morgan fingerprint density at radius 2 is 2.21 bits per heavy atom. The quantitative estimate of drug-likeness (QED) is 0.779. The predicted octanol–water partition coefficient (Wildman–Crippen LogP) is 1.98. The zero-order valence-electron chi connectivity index (χ0n) is 6.94. The van der Waals surface area contributed by atoms with Crippen LogP contribution in [0.15, 0.2) is 24.7 Å². The molecule has 0 bridgehead atoms. The van der Waals surface area contributed by atoms with Crippen molar-refractivity contribution in [1.82, 2.24) is 9.97 Å². The third-order valence-corrected chi connectivity index (χ3v) is 2.24. The van der Waals surface area contributed by atoms with Crippen LogP contribution in [0.2, 0.25) is 5.02 Å². The molecule has 0 aromatic carbocycles. The lowest BCUT2D eigenvalue weighted by molar-refractivity contribution is 0.0697. The molecule has 0 atom stereocenters. The molecule has 70 valence electrons. The molecule has 2 aromatic heterocycles. The first-order chi connectivity index (χ1) is 6.70. The van der Waals surface area contributed by atoms with Gasteiger partial charge in [0.25, 0.3) is 0 Å². The molecule has 0 spiro atoms. The molecule has 0 aliphatic rings. The zero-order valence-corrected chi connectivity index (χ0v) is 7.69. The molecule has 14 heavy (non-hydrogen) atoms. The Morgan fingerprint density at radius 1 is 1.43 bits per heavy atom. The van der Waals surface area contributed by atoms with E-state index in [0.717, 1.165) is 0 Å². The molecular formula is C9H5ClN2O2. The summed E-state index contributed by atoms with van der Waals surface area (Å²) in [6, 6.07) is 1.64. The van der Waals surface area contributed by atoms with Crippen molar-refractivity contribution in [3.8, 4) is 0 Å². The summed E-state index contributed by atoms with van der Waals surface area (Å²) in [7, 11) is 0. The maximum Gasteiger partial charge on any atom is 0.338 e. The van der Waals surface area contributed by atoms with Crippen LogP contribution in [0, 0.1) is 0 Å². The number of pyridine rings is 2. The molecule has 0 aliphatic carbocycles. The number of halogens is 1. The number of hydrogen-bond acceptors (Lipinski definition) is 3. The number of nitrogens with zero attached hydrogens (tertiary/aromatic N) is 2. The molecule has 0 amide bonds. The fourth-order valence-electron chi connectivity index (χ4n) is 1.16. The van der Waals surface area contributed by atoms with Crippen molar-refractivity contribution in [2.45, 2.75) is 0 Å².